The molecule has 0 bridgehead atoms. The molecule has 3 rings (SSSR count). The van der Waals surface area contributed by atoms with Crippen LogP contribution in [0.3, 0.4) is 0 Å². The summed E-state index contributed by atoms with van der Waals surface area (Å²) in [6, 6.07) is 5.92. The molecular weight excluding hydrogens is 323 g/mol. The van der Waals surface area contributed by atoms with Crippen molar-refractivity contribution in [3.63, 3.8) is 0 Å². The Kier molecular flexibility index (Phi) is 5.53. The third kappa shape index (κ3) is 4.71. The molecule has 1 aromatic carbocycles. The predicted octanol–water partition coefficient (Wildman–Crippen LogP) is 2.87. The first kappa shape index (κ1) is 17.3. The van der Waals surface area contributed by atoms with Gasteiger partial charge in [0.1, 0.15) is 11.6 Å². The van der Waals surface area contributed by atoms with Crippen LogP contribution in [0.15, 0.2) is 36.7 Å². The van der Waals surface area contributed by atoms with Gasteiger partial charge in [0.05, 0.1) is 12.6 Å². The van der Waals surface area contributed by atoms with Gasteiger partial charge in [-0.15, -0.1) is 0 Å². The lowest BCUT2D eigenvalue weighted by Crippen LogP contribution is -2.40. The van der Waals surface area contributed by atoms with Crippen LogP contribution in [0.1, 0.15) is 31.4 Å². The molecule has 2 aromatic rings. The maximum Gasteiger partial charge on any atom is 0.315 e. The maximum absolute atomic E-state index is 13.4. The van der Waals surface area contributed by atoms with Crippen molar-refractivity contribution in [2.24, 2.45) is 5.92 Å². The summed E-state index contributed by atoms with van der Waals surface area (Å²) in [7, 11) is 0. The van der Waals surface area contributed by atoms with Crippen molar-refractivity contribution in [3.8, 4) is 5.75 Å². The number of nitrogens with one attached hydrogen (secondary N) is 2. The molecule has 134 valence electrons. The van der Waals surface area contributed by atoms with Crippen LogP contribution in [-0.2, 0) is 6.54 Å². The van der Waals surface area contributed by atoms with Gasteiger partial charge in [-0.2, -0.15) is 5.10 Å². The van der Waals surface area contributed by atoms with Gasteiger partial charge in [0.2, 0.25) is 0 Å². The lowest BCUT2D eigenvalue weighted by molar-refractivity contribution is 0.233. The number of aromatic nitrogens is 2. The standard InChI is InChI=1S/C18H23FN4O2/c1-13(12-23-8-3-7-21-23)11-20-18(24)22-16-4-2-9-25-17-10-14(19)5-6-15(16)17/h3,5-8,10,13,16H,2,4,9,11-12H2,1H3,(H2,20,22,24). The topological polar surface area (TPSA) is 68.2 Å². The van der Waals surface area contributed by atoms with Crippen LogP contribution in [0.5, 0.6) is 5.75 Å². The van der Waals surface area contributed by atoms with E-state index in [1.807, 2.05) is 16.9 Å². The highest BCUT2D eigenvalue weighted by atomic mass is 19.1. The zero-order valence-electron chi connectivity index (χ0n) is 14.2. The molecule has 6 nitrogen and oxygen atoms in total. The van der Waals surface area contributed by atoms with Crippen LogP contribution >= 0.6 is 0 Å². The van der Waals surface area contributed by atoms with E-state index >= 15 is 0 Å². The highest BCUT2D eigenvalue weighted by Crippen LogP contribution is 2.31. The Labute approximate surface area is 146 Å². The monoisotopic (exact) mass is 346 g/mol. The van der Waals surface area contributed by atoms with E-state index in [4.69, 9.17) is 4.74 Å². The van der Waals surface area contributed by atoms with E-state index in [1.54, 1.807) is 12.3 Å². The predicted molar refractivity (Wildman–Crippen MR) is 91.8 cm³/mol. The van der Waals surface area contributed by atoms with E-state index in [0.29, 0.717) is 18.9 Å². The zero-order chi connectivity index (χ0) is 17.6. The van der Waals surface area contributed by atoms with Crippen LogP contribution in [0.25, 0.3) is 0 Å². The van der Waals surface area contributed by atoms with Crippen LogP contribution in [0.4, 0.5) is 9.18 Å². The maximum atomic E-state index is 13.4. The average molecular weight is 346 g/mol. The second kappa shape index (κ2) is 8.00. The zero-order valence-corrected chi connectivity index (χ0v) is 14.2. The van der Waals surface area contributed by atoms with Gasteiger partial charge < -0.3 is 15.4 Å². The SMILES string of the molecule is CC(CNC(=O)NC1CCCOc2cc(F)ccc21)Cn1cccn1. The molecular formula is C18H23FN4O2. The molecule has 0 saturated heterocycles. The first-order chi connectivity index (χ1) is 12.1. The van der Waals surface area contributed by atoms with Crippen molar-refractivity contribution in [3.05, 3.63) is 48.0 Å². The number of amides is 2. The fourth-order valence-corrected chi connectivity index (χ4v) is 2.96. The molecule has 0 radical (unpaired) electrons. The molecule has 1 aromatic heterocycles. The Bertz CT molecular complexity index is 705. The third-order valence-electron chi connectivity index (χ3n) is 4.22. The summed E-state index contributed by atoms with van der Waals surface area (Å²) in [4.78, 5) is 12.2. The minimum Gasteiger partial charge on any atom is -0.493 e. The summed E-state index contributed by atoms with van der Waals surface area (Å²) >= 11 is 0. The Morgan fingerprint density at radius 2 is 2.40 bits per heavy atom. The molecule has 1 aliphatic rings. The Balaban J connectivity index is 1.54. The van der Waals surface area contributed by atoms with Crippen molar-refractivity contribution in [2.75, 3.05) is 13.2 Å². The van der Waals surface area contributed by atoms with E-state index in [2.05, 4.69) is 22.7 Å². The normalized spacial score (nSPS) is 17.8. The first-order valence-corrected chi connectivity index (χ1v) is 8.56. The van der Waals surface area contributed by atoms with Crippen molar-refractivity contribution in [1.29, 1.82) is 0 Å². The number of urea groups is 1. The average Bonchev–Trinajstić information content (AvgIpc) is 3.01. The molecule has 1 aliphatic heterocycles. The van der Waals surface area contributed by atoms with Crippen molar-refractivity contribution < 1.29 is 13.9 Å². The number of carbonyl (C=O) groups is 1. The molecule has 2 heterocycles. The summed E-state index contributed by atoms with van der Waals surface area (Å²) < 4.78 is 20.8. The van der Waals surface area contributed by atoms with Crippen LogP contribution in [-0.4, -0.2) is 29.0 Å². The number of halogens is 1. The summed E-state index contributed by atoms with van der Waals surface area (Å²) in [5, 5.41) is 10.0. The van der Waals surface area contributed by atoms with Gasteiger partial charge in [0.25, 0.3) is 0 Å². The molecule has 2 unspecified atom stereocenters. The summed E-state index contributed by atoms with van der Waals surface area (Å²) in [5.74, 6) is 0.427. The lowest BCUT2D eigenvalue weighted by Gasteiger charge is -2.20. The minimum absolute atomic E-state index is 0.181. The molecule has 0 saturated carbocycles. The minimum atomic E-state index is -0.337. The fourth-order valence-electron chi connectivity index (χ4n) is 2.96. The first-order valence-electron chi connectivity index (χ1n) is 8.56. The summed E-state index contributed by atoms with van der Waals surface area (Å²) in [6.45, 7) is 3.87. The second-order valence-corrected chi connectivity index (χ2v) is 6.41. The van der Waals surface area contributed by atoms with E-state index < -0.39 is 0 Å². The number of benzene rings is 1. The van der Waals surface area contributed by atoms with Crippen molar-refractivity contribution in [1.82, 2.24) is 20.4 Å². The van der Waals surface area contributed by atoms with Gasteiger partial charge in [0.15, 0.2) is 0 Å². The van der Waals surface area contributed by atoms with E-state index in [9.17, 15) is 9.18 Å². The molecule has 2 atom stereocenters. The molecule has 25 heavy (non-hydrogen) atoms. The molecule has 0 aliphatic carbocycles. The van der Waals surface area contributed by atoms with Gasteiger partial charge in [0, 0.05) is 37.1 Å². The number of nitrogens with zero attached hydrogens (tertiary/aromatic N) is 2. The summed E-state index contributed by atoms with van der Waals surface area (Å²) in [6.07, 6.45) is 5.20. The largest absolute Gasteiger partial charge is 0.493 e. The van der Waals surface area contributed by atoms with Gasteiger partial charge in [-0.25, -0.2) is 9.18 Å². The number of fused-ring (bicyclic) bond motifs is 1. The number of rotatable bonds is 5. The number of hydrogen-bond acceptors (Lipinski definition) is 3. The van der Waals surface area contributed by atoms with E-state index in [0.717, 1.165) is 24.9 Å². The van der Waals surface area contributed by atoms with Crippen molar-refractivity contribution >= 4 is 6.03 Å². The van der Waals surface area contributed by atoms with Gasteiger partial charge in [-0.1, -0.05) is 13.0 Å². The Morgan fingerprint density at radius 1 is 1.52 bits per heavy atom. The Hall–Kier alpha value is -2.57. The van der Waals surface area contributed by atoms with Crippen LogP contribution in [0, 0.1) is 11.7 Å². The second-order valence-electron chi connectivity index (χ2n) is 6.41. The fraction of sp³-hybridized carbons (Fsp3) is 0.444. The Morgan fingerprint density at radius 3 is 3.20 bits per heavy atom. The highest BCUT2D eigenvalue weighted by molar-refractivity contribution is 5.74. The van der Waals surface area contributed by atoms with Gasteiger partial charge in [-0.3, -0.25) is 4.68 Å². The molecule has 2 N–H and O–H groups in total. The molecule has 0 fully saturated rings. The van der Waals surface area contributed by atoms with Gasteiger partial charge in [-0.05, 0) is 30.9 Å². The number of ether oxygens (including phenoxy) is 1. The number of carbonyl (C=O) groups excluding carboxylic acids is 1. The van der Waals surface area contributed by atoms with Crippen molar-refractivity contribution in [2.45, 2.75) is 32.4 Å². The lowest BCUT2D eigenvalue weighted by atomic mass is 10.0. The molecule has 2 amide bonds. The highest BCUT2D eigenvalue weighted by Gasteiger charge is 2.22. The molecule has 7 heteroatoms. The molecule has 0 spiro atoms. The summed E-state index contributed by atoms with van der Waals surface area (Å²) in [5.41, 5.74) is 0.818. The third-order valence-corrected chi connectivity index (χ3v) is 4.22. The smallest absolute Gasteiger partial charge is 0.315 e. The quantitative estimate of drug-likeness (QED) is 0.875. The van der Waals surface area contributed by atoms with Crippen LogP contribution in [0.2, 0.25) is 0 Å². The van der Waals surface area contributed by atoms with Gasteiger partial charge >= 0.3 is 6.03 Å². The van der Waals surface area contributed by atoms with E-state index in [-0.39, 0.29) is 23.8 Å². The van der Waals surface area contributed by atoms with E-state index in [1.165, 1.54) is 12.1 Å². The van der Waals surface area contributed by atoms with Crippen LogP contribution < -0.4 is 15.4 Å². The number of hydrogen-bond donors (Lipinski definition) is 2.